The van der Waals surface area contributed by atoms with Gasteiger partial charge in [-0.3, -0.25) is 9.20 Å². The van der Waals surface area contributed by atoms with Crippen LogP contribution in [-0.2, 0) is 4.79 Å². The van der Waals surface area contributed by atoms with Crippen molar-refractivity contribution in [1.82, 2.24) is 14.6 Å². The van der Waals surface area contributed by atoms with Crippen LogP contribution in [0.25, 0.3) is 5.65 Å². The third-order valence-corrected chi connectivity index (χ3v) is 3.48. The Hall–Kier alpha value is -2.89. The molecule has 23 heavy (non-hydrogen) atoms. The lowest BCUT2D eigenvalue weighted by Crippen LogP contribution is -2.20. The van der Waals surface area contributed by atoms with E-state index in [1.165, 1.54) is 5.56 Å². The van der Waals surface area contributed by atoms with Gasteiger partial charge in [0.1, 0.15) is 0 Å². The molecule has 1 amide bonds. The monoisotopic (exact) mass is 310 g/mol. The van der Waals surface area contributed by atoms with Gasteiger partial charge in [-0.15, -0.1) is 5.10 Å². The minimum absolute atomic E-state index is 0.123. The van der Waals surface area contributed by atoms with Gasteiger partial charge >= 0.3 is 6.01 Å². The summed E-state index contributed by atoms with van der Waals surface area (Å²) >= 11 is 0. The van der Waals surface area contributed by atoms with Crippen molar-refractivity contribution in [2.45, 2.75) is 19.8 Å². The highest BCUT2D eigenvalue weighted by molar-refractivity contribution is 5.91. The van der Waals surface area contributed by atoms with E-state index in [2.05, 4.69) is 29.4 Å². The Morgan fingerprint density at radius 2 is 1.96 bits per heavy atom. The van der Waals surface area contributed by atoms with Gasteiger partial charge in [0.25, 0.3) is 5.91 Å². The first kappa shape index (κ1) is 15.0. The highest BCUT2D eigenvalue weighted by Gasteiger charge is 2.09. The average molecular weight is 310 g/mol. The lowest BCUT2D eigenvalue weighted by molar-refractivity contribution is -0.118. The summed E-state index contributed by atoms with van der Waals surface area (Å²) in [5.74, 6) is 0.222. The van der Waals surface area contributed by atoms with Crippen LogP contribution >= 0.6 is 0 Å². The third-order valence-electron chi connectivity index (χ3n) is 3.48. The molecule has 0 radical (unpaired) electrons. The Labute approximate surface area is 134 Å². The van der Waals surface area contributed by atoms with E-state index in [0.717, 1.165) is 5.69 Å². The number of carbonyl (C=O) groups is 1. The van der Waals surface area contributed by atoms with Gasteiger partial charge in [0.15, 0.2) is 12.3 Å². The van der Waals surface area contributed by atoms with Gasteiger partial charge < -0.3 is 10.1 Å². The van der Waals surface area contributed by atoms with Gasteiger partial charge in [-0.05, 0) is 35.7 Å². The molecule has 1 aromatic carbocycles. The number of ether oxygens (including phenoxy) is 1. The highest BCUT2D eigenvalue weighted by Crippen LogP contribution is 2.17. The van der Waals surface area contributed by atoms with Crippen molar-refractivity contribution in [3.05, 3.63) is 54.2 Å². The summed E-state index contributed by atoms with van der Waals surface area (Å²) < 4.78 is 7.12. The Bertz CT molecular complexity index is 809. The molecule has 0 atom stereocenters. The van der Waals surface area contributed by atoms with Crippen LogP contribution in [0, 0.1) is 0 Å². The predicted octanol–water partition coefficient (Wildman–Crippen LogP) is 2.87. The number of rotatable bonds is 5. The molecule has 6 nitrogen and oxygen atoms in total. The zero-order valence-corrected chi connectivity index (χ0v) is 13.1. The number of anilines is 1. The largest absolute Gasteiger partial charge is 0.453 e. The summed E-state index contributed by atoms with van der Waals surface area (Å²) in [6.45, 7) is 4.14. The normalized spacial score (nSPS) is 10.9. The van der Waals surface area contributed by atoms with Crippen molar-refractivity contribution < 1.29 is 9.53 Å². The maximum Gasteiger partial charge on any atom is 0.322 e. The number of pyridine rings is 1. The molecule has 0 unspecified atom stereocenters. The molecule has 0 fully saturated rings. The Morgan fingerprint density at radius 1 is 1.17 bits per heavy atom. The maximum atomic E-state index is 12.0. The molecule has 0 spiro atoms. The SMILES string of the molecule is CC(C)c1ccc(NC(=O)COc2nnc3ccccn23)cc1. The Balaban J connectivity index is 1.59. The fourth-order valence-corrected chi connectivity index (χ4v) is 2.20. The number of hydrogen-bond donors (Lipinski definition) is 1. The van der Waals surface area contributed by atoms with Crippen LogP contribution in [-0.4, -0.2) is 27.1 Å². The molecule has 6 heteroatoms. The number of benzene rings is 1. The van der Waals surface area contributed by atoms with E-state index in [9.17, 15) is 4.79 Å². The molecule has 0 saturated carbocycles. The fourth-order valence-electron chi connectivity index (χ4n) is 2.20. The highest BCUT2D eigenvalue weighted by atomic mass is 16.5. The number of nitrogens with zero attached hydrogens (tertiary/aromatic N) is 3. The van der Waals surface area contributed by atoms with Crippen molar-refractivity contribution in [3.8, 4) is 6.01 Å². The first-order valence-electron chi connectivity index (χ1n) is 7.46. The second-order valence-corrected chi connectivity index (χ2v) is 5.52. The summed E-state index contributed by atoms with van der Waals surface area (Å²) in [6.07, 6.45) is 1.78. The van der Waals surface area contributed by atoms with Crippen molar-refractivity contribution in [3.63, 3.8) is 0 Å². The molecule has 2 aromatic heterocycles. The van der Waals surface area contributed by atoms with Crippen molar-refractivity contribution in [1.29, 1.82) is 0 Å². The van der Waals surface area contributed by atoms with Crippen molar-refractivity contribution >= 4 is 17.2 Å². The van der Waals surface area contributed by atoms with Gasteiger partial charge in [0.2, 0.25) is 0 Å². The van der Waals surface area contributed by atoms with Gasteiger partial charge in [-0.1, -0.05) is 37.1 Å². The molecule has 0 aliphatic heterocycles. The quantitative estimate of drug-likeness (QED) is 0.787. The predicted molar refractivity (Wildman–Crippen MR) is 87.6 cm³/mol. The second kappa shape index (κ2) is 6.48. The van der Waals surface area contributed by atoms with Crippen molar-refractivity contribution in [2.75, 3.05) is 11.9 Å². The van der Waals surface area contributed by atoms with Gasteiger partial charge in [0, 0.05) is 11.9 Å². The minimum atomic E-state index is -0.241. The molecule has 0 saturated heterocycles. The molecular weight excluding hydrogens is 292 g/mol. The number of carbonyl (C=O) groups excluding carboxylic acids is 1. The van der Waals surface area contributed by atoms with E-state index in [1.807, 2.05) is 42.5 Å². The molecule has 0 aliphatic carbocycles. The zero-order valence-electron chi connectivity index (χ0n) is 13.1. The number of fused-ring (bicyclic) bond motifs is 1. The average Bonchev–Trinajstić information content (AvgIpc) is 2.97. The summed E-state index contributed by atoms with van der Waals surface area (Å²) in [5, 5.41) is 10.7. The molecule has 118 valence electrons. The molecule has 2 heterocycles. The molecule has 0 aliphatic rings. The van der Waals surface area contributed by atoms with Crippen LogP contribution in [0.4, 0.5) is 5.69 Å². The first-order valence-corrected chi connectivity index (χ1v) is 7.46. The van der Waals surface area contributed by atoms with Crippen LogP contribution in [0.5, 0.6) is 6.01 Å². The van der Waals surface area contributed by atoms with Crippen LogP contribution in [0.15, 0.2) is 48.7 Å². The number of aromatic nitrogens is 3. The smallest absolute Gasteiger partial charge is 0.322 e. The molecular formula is C17H18N4O2. The molecule has 3 aromatic rings. The summed E-state index contributed by atoms with van der Waals surface area (Å²) in [7, 11) is 0. The van der Waals surface area contributed by atoms with E-state index in [4.69, 9.17) is 4.74 Å². The van der Waals surface area contributed by atoms with E-state index in [1.54, 1.807) is 10.6 Å². The van der Waals surface area contributed by atoms with E-state index in [-0.39, 0.29) is 12.5 Å². The number of hydrogen-bond acceptors (Lipinski definition) is 4. The summed E-state index contributed by atoms with van der Waals surface area (Å²) in [4.78, 5) is 12.0. The van der Waals surface area contributed by atoms with E-state index in [0.29, 0.717) is 17.6 Å². The lowest BCUT2D eigenvalue weighted by Gasteiger charge is -2.08. The first-order chi connectivity index (χ1) is 11.1. The fraction of sp³-hybridized carbons (Fsp3) is 0.235. The number of nitrogens with one attached hydrogen (secondary N) is 1. The van der Waals surface area contributed by atoms with Gasteiger partial charge in [-0.25, -0.2) is 0 Å². The standard InChI is InChI=1S/C17H18N4O2/c1-12(2)13-6-8-14(9-7-13)18-16(22)11-23-17-20-19-15-5-3-4-10-21(15)17/h3-10,12H,11H2,1-2H3,(H,18,22). The maximum absolute atomic E-state index is 12.0. The zero-order chi connectivity index (χ0) is 16.2. The van der Waals surface area contributed by atoms with E-state index >= 15 is 0 Å². The van der Waals surface area contributed by atoms with Crippen LogP contribution in [0.1, 0.15) is 25.3 Å². The molecule has 1 N–H and O–H groups in total. The topological polar surface area (TPSA) is 68.5 Å². The second-order valence-electron chi connectivity index (χ2n) is 5.52. The van der Waals surface area contributed by atoms with Gasteiger partial charge in [0.05, 0.1) is 0 Å². The molecule has 0 bridgehead atoms. The molecule has 3 rings (SSSR count). The van der Waals surface area contributed by atoms with Crippen molar-refractivity contribution in [2.24, 2.45) is 0 Å². The summed E-state index contributed by atoms with van der Waals surface area (Å²) in [5.41, 5.74) is 2.65. The van der Waals surface area contributed by atoms with Crippen LogP contribution in [0.3, 0.4) is 0 Å². The Kier molecular flexibility index (Phi) is 4.23. The van der Waals surface area contributed by atoms with Crippen LogP contribution < -0.4 is 10.1 Å². The third kappa shape index (κ3) is 3.48. The summed E-state index contributed by atoms with van der Waals surface area (Å²) in [6, 6.07) is 13.6. The lowest BCUT2D eigenvalue weighted by atomic mass is 10.0. The minimum Gasteiger partial charge on any atom is -0.453 e. The Morgan fingerprint density at radius 3 is 2.70 bits per heavy atom. The van der Waals surface area contributed by atoms with Gasteiger partial charge in [-0.2, -0.15) is 0 Å². The van der Waals surface area contributed by atoms with Crippen LogP contribution in [0.2, 0.25) is 0 Å². The number of amides is 1. The van der Waals surface area contributed by atoms with E-state index < -0.39 is 0 Å².